The molecule has 0 heterocycles. The predicted molar refractivity (Wildman–Crippen MR) is 74.6 cm³/mol. The van der Waals surface area contributed by atoms with Crippen molar-refractivity contribution in [2.24, 2.45) is 0 Å². The molecule has 0 aliphatic carbocycles. The highest BCUT2D eigenvalue weighted by atomic mass is 35.5. The molecule has 0 atom stereocenters. The zero-order valence-corrected chi connectivity index (χ0v) is 12.2. The lowest BCUT2D eigenvalue weighted by atomic mass is 10.2. The molecule has 0 aromatic heterocycles. The Morgan fingerprint density at radius 3 is 2.40 bits per heavy atom. The Labute approximate surface area is 121 Å². The minimum absolute atomic E-state index is 0.0102. The van der Waals surface area contributed by atoms with Crippen LogP contribution in [0.5, 0.6) is 0 Å². The molecular weight excluding hydrogens is 288 g/mol. The third kappa shape index (κ3) is 5.57. The van der Waals surface area contributed by atoms with Crippen LogP contribution in [0.2, 0.25) is 5.02 Å². The molecule has 1 N–H and O–H groups in total. The van der Waals surface area contributed by atoms with Gasteiger partial charge in [-0.1, -0.05) is 23.8 Å². The van der Waals surface area contributed by atoms with E-state index in [0.717, 1.165) is 12.1 Å². The second-order valence-electron chi connectivity index (χ2n) is 5.07. The van der Waals surface area contributed by atoms with E-state index >= 15 is 0 Å². The number of carbonyl (C=O) groups excluding carboxylic acids is 1. The molecule has 6 heteroatoms. The minimum Gasteiger partial charge on any atom is -0.444 e. The maximum atomic E-state index is 13.4. The van der Waals surface area contributed by atoms with Crippen molar-refractivity contribution in [1.29, 1.82) is 0 Å². The molecule has 0 aliphatic rings. The summed E-state index contributed by atoms with van der Waals surface area (Å²) in [7, 11) is 0. The number of nitrogens with one attached hydrogen (secondary N) is 1. The topological polar surface area (TPSA) is 38.3 Å². The molecule has 3 nitrogen and oxygen atoms in total. The Hall–Kier alpha value is -1.62. The smallest absolute Gasteiger partial charge is 0.407 e. The quantitative estimate of drug-likeness (QED) is 0.910. The molecule has 1 aromatic carbocycles. The third-order valence-corrected chi connectivity index (χ3v) is 2.31. The van der Waals surface area contributed by atoms with E-state index in [2.05, 4.69) is 5.32 Å². The number of amides is 1. The second-order valence-corrected chi connectivity index (χ2v) is 5.50. The number of hydrogen-bond donors (Lipinski definition) is 1. The first-order valence-electron chi connectivity index (χ1n) is 5.97. The average molecular weight is 304 g/mol. The van der Waals surface area contributed by atoms with Gasteiger partial charge in [-0.2, -0.15) is 0 Å². The van der Waals surface area contributed by atoms with Gasteiger partial charge in [0.05, 0.1) is 0 Å². The van der Waals surface area contributed by atoms with Gasteiger partial charge in [-0.25, -0.2) is 13.6 Å². The summed E-state index contributed by atoms with van der Waals surface area (Å²) in [5.41, 5.74) is -0.803. The SMILES string of the molecule is CC(C)(C)OC(=O)NCC=Cc1c(F)cc(Cl)cc1F. The van der Waals surface area contributed by atoms with Crippen molar-refractivity contribution in [3.63, 3.8) is 0 Å². The normalized spacial score (nSPS) is 11.7. The Morgan fingerprint density at radius 1 is 1.35 bits per heavy atom. The highest BCUT2D eigenvalue weighted by Crippen LogP contribution is 2.19. The third-order valence-electron chi connectivity index (χ3n) is 2.09. The Bertz CT molecular complexity index is 501. The largest absolute Gasteiger partial charge is 0.444 e. The van der Waals surface area contributed by atoms with E-state index in [1.165, 1.54) is 12.2 Å². The van der Waals surface area contributed by atoms with Crippen LogP contribution in [0, 0.1) is 11.6 Å². The van der Waals surface area contributed by atoms with E-state index in [1.807, 2.05) is 0 Å². The van der Waals surface area contributed by atoms with Crippen LogP contribution in [0.1, 0.15) is 26.3 Å². The zero-order valence-electron chi connectivity index (χ0n) is 11.5. The first-order chi connectivity index (χ1) is 9.19. The fourth-order valence-electron chi connectivity index (χ4n) is 1.35. The van der Waals surface area contributed by atoms with Crippen LogP contribution in [0.15, 0.2) is 18.2 Å². The van der Waals surface area contributed by atoms with Crippen LogP contribution in [-0.2, 0) is 4.74 Å². The number of benzene rings is 1. The first-order valence-corrected chi connectivity index (χ1v) is 6.35. The molecule has 0 unspecified atom stereocenters. The standard InChI is InChI=1S/C14H16ClF2NO2/c1-14(2,3)20-13(19)18-6-4-5-10-11(16)7-9(15)8-12(10)17/h4-5,7-8H,6H2,1-3H3,(H,18,19). The van der Waals surface area contributed by atoms with E-state index in [9.17, 15) is 13.6 Å². The van der Waals surface area contributed by atoms with Gasteiger partial charge >= 0.3 is 6.09 Å². The molecular formula is C14H16ClF2NO2. The van der Waals surface area contributed by atoms with E-state index in [1.54, 1.807) is 20.8 Å². The van der Waals surface area contributed by atoms with Crippen LogP contribution in [0.25, 0.3) is 6.08 Å². The Balaban J connectivity index is 2.56. The molecule has 1 aromatic rings. The van der Waals surface area contributed by atoms with E-state index in [4.69, 9.17) is 16.3 Å². The molecule has 20 heavy (non-hydrogen) atoms. The number of alkyl carbamates (subject to hydrolysis) is 1. The van der Waals surface area contributed by atoms with Crippen LogP contribution >= 0.6 is 11.6 Å². The fourth-order valence-corrected chi connectivity index (χ4v) is 1.54. The number of carbonyl (C=O) groups is 1. The molecule has 0 bridgehead atoms. The van der Waals surface area contributed by atoms with E-state index < -0.39 is 23.3 Å². The van der Waals surface area contributed by atoms with Crippen molar-refractivity contribution < 1.29 is 18.3 Å². The van der Waals surface area contributed by atoms with Gasteiger partial charge in [0.15, 0.2) is 0 Å². The van der Waals surface area contributed by atoms with Crippen molar-refractivity contribution >= 4 is 23.8 Å². The monoisotopic (exact) mass is 303 g/mol. The van der Waals surface area contributed by atoms with Gasteiger partial charge in [0.25, 0.3) is 0 Å². The van der Waals surface area contributed by atoms with Gasteiger partial charge in [-0.05, 0) is 32.9 Å². The van der Waals surface area contributed by atoms with Gasteiger partial charge in [0.1, 0.15) is 17.2 Å². The van der Waals surface area contributed by atoms with Crippen molar-refractivity contribution in [3.8, 4) is 0 Å². The Kier molecular flexibility index (Phi) is 5.51. The van der Waals surface area contributed by atoms with E-state index in [-0.39, 0.29) is 17.1 Å². The molecule has 0 fully saturated rings. The molecule has 1 amide bonds. The van der Waals surface area contributed by atoms with Gasteiger partial charge in [0, 0.05) is 17.1 Å². The maximum Gasteiger partial charge on any atom is 0.407 e. The highest BCUT2D eigenvalue weighted by molar-refractivity contribution is 6.30. The minimum atomic E-state index is -0.761. The summed E-state index contributed by atoms with van der Waals surface area (Å²) in [6.07, 6.45) is 2.05. The summed E-state index contributed by atoms with van der Waals surface area (Å²) in [6, 6.07) is 2.04. The molecule has 0 radical (unpaired) electrons. The molecule has 0 spiro atoms. The summed E-state index contributed by atoms with van der Waals surface area (Å²) in [6.45, 7) is 5.30. The summed E-state index contributed by atoms with van der Waals surface area (Å²) in [5, 5.41) is 2.43. The summed E-state index contributed by atoms with van der Waals surface area (Å²) >= 11 is 5.51. The van der Waals surface area contributed by atoms with Gasteiger partial charge in [0.2, 0.25) is 0 Å². The van der Waals surface area contributed by atoms with Crippen molar-refractivity contribution in [3.05, 3.63) is 40.4 Å². The lowest BCUT2D eigenvalue weighted by Crippen LogP contribution is -2.32. The summed E-state index contributed by atoms with van der Waals surface area (Å²) < 4.78 is 31.9. The summed E-state index contributed by atoms with van der Waals surface area (Å²) in [4.78, 5) is 11.3. The van der Waals surface area contributed by atoms with Crippen molar-refractivity contribution in [1.82, 2.24) is 5.32 Å². The molecule has 0 aliphatic heterocycles. The molecule has 0 saturated heterocycles. The fraction of sp³-hybridized carbons (Fsp3) is 0.357. The first kappa shape index (κ1) is 16.4. The molecule has 110 valence electrons. The van der Waals surface area contributed by atoms with Gasteiger partial charge in [-0.3, -0.25) is 0 Å². The second kappa shape index (κ2) is 6.70. The number of rotatable bonds is 3. The molecule has 0 saturated carbocycles. The van der Waals surface area contributed by atoms with Crippen LogP contribution in [0.4, 0.5) is 13.6 Å². The van der Waals surface area contributed by atoms with Crippen LogP contribution < -0.4 is 5.32 Å². The van der Waals surface area contributed by atoms with E-state index in [0.29, 0.717) is 0 Å². The van der Waals surface area contributed by atoms with Crippen molar-refractivity contribution in [2.75, 3.05) is 6.54 Å². The average Bonchev–Trinajstić information content (AvgIpc) is 2.23. The van der Waals surface area contributed by atoms with Gasteiger partial charge < -0.3 is 10.1 Å². The Morgan fingerprint density at radius 2 is 1.90 bits per heavy atom. The lowest BCUT2D eigenvalue weighted by Gasteiger charge is -2.19. The number of ether oxygens (including phenoxy) is 1. The van der Waals surface area contributed by atoms with Crippen LogP contribution in [-0.4, -0.2) is 18.2 Å². The number of halogens is 3. The zero-order chi connectivity index (χ0) is 15.3. The number of hydrogen-bond acceptors (Lipinski definition) is 2. The predicted octanol–water partition coefficient (Wildman–Crippen LogP) is 4.16. The van der Waals surface area contributed by atoms with Crippen LogP contribution in [0.3, 0.4) is 0 Å². The van der Waals surface area contributed by atoms with Gasteiger partial charge in [-0.15, -0.1) is 0 Å². The lowest BCUT2D eigenvalue weighted by molar-refractivity contribution is 0.0534. The van der Waals surface area contributed by atoms with Crippen molar-refractivity contribution in [2.45, 2.75) is 26.4 Å². The molecule has 1 rings (SSSR count). The highest BCUT2D eigenvalue weighted by Gasteiger charge is 2.15. The maximum absolute atomic E-state index is 13.4. The summed E-state index contributed by atoms with van der Waals surface area (Å²) in [5.74, 6) is -1.52.